The Morgan fingerprint density at radius 2 is 1.61 bits per heavy atom. The van der Waals surface area contributed by atoms with Gasteiger partial charge < -0.3 is 29.0 Å². The Labute approximate surface area is 223 Å². The number of rotatable bonds is 9. The quantitative estimate of drug-likeness (QED) is 0.459. The van der Waals surface area contributed by atoms with Crippen molar-refractivity contribution in [3.8, 4) is 23.0 Å². The molecule has 0 fully saturated rings. The lowest BCUT2D eigenvalue weighted by Crippen LogP contribution is -2.36. The molecule has 0 aromatic heterocycles. The highest BCUT2D eigenvalue weighted by molar-refractivity contribution is 6.04. The summed E-state index contributed by atoms with van der Waals surface area (Å²) in [5.41, 5.74) is 3.95. The minimum absolute atomic E-state index is 0.0511. The predicted molar refractivity (Wildman–Crippen MR) is 143 cm³/mol. The molecule has 0 radical (unpaired) electrons. The van der Waals surface area contributed by atoms with E-state index in [0.29, 0.717) is 52.5 Å². The average molecular weight is 522 g/mol. The van der Waals surface area contributed by atoms with Crippen LogP contribution in [0.4, 0.5) is 0 Å². The molecule has 0 unspecified atom stereocenters. The summed E-state index contributed by atoms with van der Waals surface area (Å²) in [7, 11) is 6.23. The van der Waals surface area contributed by atoms with Crippen LogP contribution in [0.2, 0.25) is 0 Å². The number of Topliss-reactive ketones (excluding diaryl/α,β-unsaturated/α-hetero) is 1. The zero-order valence-corrected chi connectivity index (χ0v) is 22.8. The normalized spacial score (nSPS) is 18.9. The topological polar surface area (TPSA) is 92.3 Å². The number of ketones is 1. The number of hydrogen-bond donors (Lipinski definition) is 1. The van der Waals surface area contributed by atoms with Crippen LogP contribution in [0.1, 0.15) is 56.1 Å². The second-order valence-corrected chi connectivity index (χ2v) is 9.32. The van der Waals surface area contributed by atoms with E-state index >= 15 is 0 Å². The lowest BCUT2D eigenvalue weighted by molar-refractivity contribution is -0.139. The van der Waals surface area contributed by atoms with Crippen LogP contribution in [0.15, 0.2) is 58.9 Å². The predicted octanol–water partition coefficient (Wildman–Crippen LogP) is 5.04. The first-order chi connectivity index (χ1) is 18.4. The lowest BCUT2D eigenvalue weighted by atomic mass is 9.71. The smallest absolute Gasteiger partial charge is 0.336 e. The van der Waals surface area contributed by atoms with Crippen LogP contribution in [-0.2, 0) is 14.3 Å². The minimum atomic E-state index is -0.698. The summed E-state index contributed by atoms with van der Waals surface area (Å²) in [6.07, 6.45) is 1.55. The van der Waals surface area contributed by atoms with E-state index in [2.05, 4.69) is 5.32 Å². The van der Waals surface area contributed by atoms with Gasteiger partial charge in [0.2, 0.25) is 5.75 Å². The number of carbonyl (C=O) groups excluding carboxylic acids is 2. The highest BCUT2D eigenvalue weighted by Gasteiger charge is 2.43. The molecule has 8 heteroatoms. The molecule has 8 nitrogen and oxygen atoms in total. The molecule has 0 amide bonds. The molecule has 0 spiro atoms. The van der Waals surface area contributed by atoms with E-state index in [0.717, 1.165) is 17.0 Å². The van der Waals surface area contributed by atoms with E-state index < -0.39 is 11.9 Å². The van der Waals surface area contributed by atoms with E-state index in [-0.39, 0.29) is 24.7 Å². The van der Waals surface area contributed by atoms with E-state index in [1.165, 1.54) is 14.2 Å². The highest BCUT2D eigenvalue weighted by atomic mass is 16.5. The Morgan fingerprint density at radius 1 is 0.895 bits per heavy atom. The maximum absolute atomic E-state index is 14.0. The summed E-state index contributed by atoms with van der Waals surface area (Å²) < 4.78 is 28.1. The number of esters is 1. The Bertz CT molecular complexity index is 1290. The molecule has 202 valence electrons. The molecule has 1 N–H and O–H groups in total. The van der Waals surface area contributed by atoms with Crippen LogP contribution in [0, 0.1) is 0 Å². The molecule has 2 aliphatic rings. The standard InChI is InChI=1S/C30H35NO7/c1-7-14-38-30(33)25-17(2)31-21-15-18(19-10-8-9-11-23(19)34-3)16-22(32)27(21)26(25)20-12-13-24(35-4)29(37-6)28(20)36-5/h8-13,18,26,31H,7,14-16H2,1-6H3/t18-,26-/m0/s1. The van der Waals surface area contributed by atoms with E-state index in [1.807, 2.05) is 44.2 Å². The van der Waals surface area contributed by atoms with Crippen LogP contribution < -0.4 is 24.3 Å². The van der Waals surface area contributed by atoms with Gasteiger partial charge in [-0.15, -0.1) is 0 Å². The molecular formula is C30H35NO7. The van der Waals surface area contributed by atoms with Gasteiger partial charge in [-0.1, -0.05) is 31.2 Å². The molecule has 1 aliphatic carbocycles. The zero-order chi connectivity index (χ0) is 27.4. The number of methoxy groups -OCH3 is 4. The molecule has 2 atom stereocenters. The maximum atomic E-state index is 14.0. The van der Waals surface area contributed by atoms with Crippen LogP contribution in [0.25, 0.3) is 0 Å². The largest absolute Gasteiger partial charge is 0.496 e. The van der Waals surface area contributed by atoms with Crippen molar-refractivity contribution in [1.82, 2.24) is 5.32 Å². The number of nitrogens with one attached hydrogen (secondary N) is 1. The van der Waals surface area contributed by atoms with Gasteiger partial charge in [0.1, 0.15) is 5.75 Å². The molecule has 1 heterocycles. The van der Waals surface area contributed by atoms with E-state index in [1.54, 1.807) is 20.3 Å². The number of ether oxygens (including phenoxy) is 5. The Hall–Kier alpha value is -3.94. The SMILES string of the molecule is CCCOC(=O)C1=C(C)NC2=C(C(=O)C[C@@H](c3ccccc3OC)C2)[C@H]1c1ccc(OC)c(OC)c1OC. The zero-order valence-electron chi connectivity index (χ0n) is 22.8. The number of para-hydroxylation sites is 1. The van der Waals surface area contributed by atoms with Gasteiger partial charge in [0.15, 0.2) is 17.3 Å². The fourth-order valence-electron chi connectivity index (χ4n) is 5.47. The maximum Gasteiger partial charge on any atom is 0.336 e. The molecule has 2 aromatic carbocycles. The number of benzene rings is 2. The summed E-state index contributed by atoms with van der Waals surface area (Å²) in [4.78, 5) is 27.4. The second-order valence-electron chi connectivity index (χ2n) is 9.32. The van der Waals surface area contributed by atoms with Crippen molar-refractivity contribution in [2.24, 2.45) is 0 Å². The molecule has 2 aromatic rings. The van der Waals surface area contributed by atoms with Gasteiger partial charge in [-0.25, -0.2) is 4.79 Å². The number of carbonyl (C=O) groups is 2. The monoisotopic (exact) mass is 521 g/mol. The molecule has 1 aliphatic heterocycles. The molecule has 0 bridgehead atoms. The highest BCUT2D eigenvalue weighted by Crippen LogP contribution is 2.51. The van der Waals surface area contributed by atoms with E-state index in [4.69, 9.17) is 23.7 Å². The first kappa shape index (κ1) is 27.1. The van der Waals surface area contributed by atoms with Gasteiger partial charge in [0, 0.05) is 34.9 Å². The van der Waals surface area contributed by atoms with Crippen LogP contribution in [0.3, 0.4) is 0 Å². The second kappa shape index (κ2) is 11.6. The van der Waals surface area contributed by atoms with Crippen molar-refractivity contribution < 1.29 is 33.3 Å². The summed E-state index contributed by atoms with van der Waals surface area (Å²) >= 11 is 0. The van der Waals surface area contributed by atoms with Crippen LogP contribution in [-0.4, -0.2) is 46.8 Å². The fraction of sp³-hybridized carbons (Fsp3) is 0.400. The molecule has 38 heavy (non-hydrogen) atoms. The Balaban J connectivity index is 1.89. The fourth-order valence-corrected chi connectivity index (χ4v) is 5.47. The van der Waals surface area contributed by atoms with Crippen LogP contribution >= 0.6 is 0 Å². The summed E-state index contributed by atoms with van der Waals surface area (Å²) in [5.74, 6) is 0.740. The van der Waals surface area contributed by atoms with Gasteiger partial charge in [0.05, 0.1) is 46.5 Å². The molecule has 4 rings (SSSR count). The van der Waals surface area contributed by atoms with Crippen molar-refractivity contribution in [2.75, 3.05) is 35.0 Å². The van der Waals surface area contributed by atoms with Crippen molar-refractivity contribution in [3.05, 3.63) is 70.1 Å². The van der Waals surface area contributed by atoms with Crippen molar-refractivity contribution >= 4 is 11.8 Å². The van der Waals surface area contributed by atoms with Crippen molar-refractivity contribution in [3.63, 3.8) is 0 Å². The van der Waals surface area contributed by atoms with Crippen molar-refractivity contribution in [1.29, 1.82) is 0 Å². The third kappa shape index (κ3) is 4.83. The minimum Gasteiger partial charge on any atom is -0.496 e. The third-order valence-corrected chi connectivity index (χ3v) is 7.11. The molecular weight excluding hydrogens is 486 g/mol. The van der Waals surface area contributed by atoms with Crippen LogP contribution in [0.5, 0.6) is 23.0 Å². The number of allylic oxidation sites excluding steroid dienone is 3. The first-order valence-corrected chi connectivity index (χ1v) is 12.7. The van der Waals surface area contributed by atoms with Gasteiger partial charge in [-0.3, -0.25) is 4.79 Å². The van der Waals surface area contributed by atoms with Gasteiger partial charge in [-0.2, -0.15) is 0 Å². The van der Waals surface area contributed by atoms with E-state index in [9.17, 15) is 9.59 Å². The number of dihydropyridines is 1. The summed E-state index contributed by atoms with van der Waals surface area (Å²) in [6.45, 7) is 4.05. The Kier molecular flexibility index (Phi) is 8.29. The summed E-state index contributed by atoms with van der Waals surface area (Å²) in [5, 5.41) is 3.38. The van der Waals surface area contributed by atoms with Crippen molar-refractivity contribution in [2.45, 2.75) is 44.9 Å². The number of hydrogen-bond acceptors (Lipinski definition) is 8. The van der Waals surface area contributed by atoms with Gasteiger partial charge >= 0.3 is 5.97 Å². The van der Waals surface area contributed by atoms with Gasteiger partial charge in [-0.05, 0) is 37.5 Å². The Morgan fingerprint density at radius 3 is 2.26 bits per heavy atom. The summed E-state index contributed by atoms with van der Waals surface area (Å²) in [6, 6.07) is 11.3. The average Bonchev–Trinajstić information content (AvgIpc) is 2.93. The lowest BCUT2D eigenvalue weighted by Gasteiger charge is -2.37. The molecule has 0 saturated carbocycles. The molecule has 0 saturated heterocycles. The first-order valence-electron chi connectivity index (χ1n) is 12.7. The van der Waals surface area contributed by atoms with Gasteiger partial charge in [0.25, 0.3) is 0 Å². The third-order valence-electron chi connectivity index (χ3n) is 7.11.